The molecule has 1 atom stereocenters. The molecule has 1 rings (SSSR count). The van der Waals surface area contributed by atoms with Gasteiger partial charge in [0.2, 0.25) is 0 Å². The second-order valence-corrected chi connectivity index (χ2v) is 6.21. The number of nitrogens with one attached hydrogen (secondary N) is 2. The Bertz CT molecular complexity index is 475. The highest BCUT2D eigenvalue weighted by Gasteiger charge is 2.21. The molecule has 0 saturated heterocycles. The minimum Gasteiger partial charge on any atom is -0.393 e. The number of urea groups is 1. The zero-order valence-electron chi connectivity index (χ0n) is 12.3. The molecule has 112 valence electrons. The van der Waals surface area contributed by atoms with E-state index in [4.69, 9.17) is 11.6 Å². The largest absolute Gasteiger partial charge is 0.393 e. The summed E-state index contributed by atoms with van der Waals surface area (Å²) in [4.78, 5) is 15.8. The van der Waals surface area contributed by atoms with Crippen LogP contribution in [0, 0.1) is 12.3 Å². The van der Waals surface area contributed by atoms with Crippen LogP contribution < -0.4 is 10.6 Å². The number of carbonyl (C=O) groups is 1. The van der Waals surface area contributed by atoms with Crippen molar-refractivity contribution in [3.63, 3.8) is 0 Å². The average molecular weight is 300 g/mol. The number of pyridine rings is 1. The monoisotopic (exact) mass is 299 g/mol. The first-order chi connectivity index (χ1) is 9.19. The highest BCUT2D eigenvalue weighted by Crippen LogP contribution is 2.21. The van der Waals surface area contributed by atoms with Gasteiger partial charge >= 0.3 is 6.03 Å². The van der Waals surface area contributed by atoms with Gasteiger partial charge in [0.15, 0.2) is 0 Å². The van der Waals surface area contributed by atoms with Gasteiger partial charge in [-0.3, -0.25) is 0 Å². The zero-order valence-corrected chi connectivity index (χ0v) is 13.1. The van der Waals surface area contributed by atoms with Crippen LogP contribution in [0.5, 0.6) is 0 Å². The molecule has 1 unspecified atom stereocenters. The highest BCUT2D eigenvalue weighted by atomic mass is 35.5. The molecule has 2 amide bonds. The predicted molar refractivity (Wildman–Crippen MR) is 81.1 cm³/mol. The van der Waals surface area contributed by atoms with Crippen molar-refractivity contribution in [1.29, 1.82) is 0 Å². The van der Waals surface area contributed by atoms with Gasteiger partial charge in [-0.2, -0.15) is 0 Å². The maximum Gasteiger partial charge on any atom is 0.319 e. The second kappa shape index (κ2) is 6.90. The molecule has 0 aliphatic heterocycles. The van der Waals surface area contributed by atoms with Gasteiger partial charge in [-0.1, -0.05) is 25.4 Å². The Labute approximate surface area is 124 Å². The summed E-state index contributed by atoms with van der Waals surface area (Å²) in [5.74, 6) is 0. The molecule has 0 saturated carbocycles. The van der Waals surface area contributed by atoms with Gasteiger partial charge in [0.05, 0.1) is 18.0 Å². The number of rotatable bonds is 5. The van der Waals surface area contributed by atoms with Crippen molar-refractivity contribution in [2.24, 2.45) is 5.41 Å². The fraction of sp³-hybridized carbons (Fsp3) is 0.571. The Morgan fingerprint density at radius 1 is 1.55 bits per heavy atom. The molecule has 0 aliphatic carbocycles. The van der Waals surface area contributed by atoms with E-state index >= 15 is 0 Å². The van der Waals surface area contributed by atoms with Crippen LogP contribution in [0.25, 0.3) is 0 Å². The number of aromatic nitrogens is 1. The molecule has 5 nitrogen and oxygen atoms in total. The molecule has 0 spiro atoms. The number of nitrogens with zero attached hydrogens (tertiary/aromatic N) is 1. The van der Waals surface area contributed by atoms with Gasteiger partial charge in [0.1, 0.15) is 5.15 Å². The molecule has 6 heteroatoms. The summed E-state index contributed by atoms with van der Waals surface area (Å²) in [6, 6.07) is 1.46. The van der Waals surface area contributed by atoms with E-state index < -0.39 is 6.10 Å². The third-order valence-corrected chi connectivity index (χ3v) is 3.24. The number of amides is 2. The third-order valence-electron chi connectivity index (χ3n) is 2.85. The van der Waals surface area contributed by atoms with Crippen LogP contribution in [0.1, 0.15) is 32.8 Å². The summed E-state index contributed by atoms with van der Waals surface area (Å²) < 4.78 is 0. The van der Waals surface area contributed by atoms with E-state index in [9.17, 15) is 9.90 Å². The van der Waals surface area contributed by atoms with Crippen LogP contribution in [0.15, 0.2) is 12.3 Å². The summed E-state index contributed by atoms with van der Waals surface area (Å²) in [6.45, 7) is 8.03. The fourth-order valence-electron chi connectivity index (χ4n) is 1.99. The fourth-order valence-corrected chi connectivity index (χ4v) is 2.10. The summed E-state index contributed by atoms with van der Waals surface area (Å²) in [7, 11) is 0. The van der Waals surface area contributed by atoms with E-state index in [0.717, 1.165) is 5.56 Å². The summed E-state index contributed by atoms with van der Waals surface area (Å²) in [5, 5.41) is 15.3. The van der Waals surface area contributed by atoms with Gasteiger partial charge in [-0.05, 0) is 37.3 Å². The minimum atomic E-state index is -0.391. The Balaban J connectivity index is 2.49. The van der Waals surface area contributed by atoms with Gasteiger partial charge in [0.25, 0.3) is 0 Å². The summed E-state index contributed by atoms with van der Waals surface area (Å²) in [5.41, 5.74) is 1.23. The zero-order chi connectivity index (χ0) is 15.3. The quantitative estimate of drug-likeness (QED) is 0.732. The second-order valence-electron chi connectivity index (χ2n) is 5.86. The van der Waals surface area contributed by atoms with Crippen LogP contribution in [0.2, 0.25) is 5.15 Å². The normalized spacial score (nSPS) is 12.9. The molecule has 0 aliphatic rings. The van der Waals surface area contributed by atoms with Crippen molar-refractivity contribution in [3.05, 3.63) is 23.0 Å². The molecule has 3 N–H and O–H groups in total. The van der Waals surface area contributed by atoms with Crippen molar-refractivity contribution in [2.45, 2.75) is 40.2 Å². The third kappa shape index (κ3) is 5.75. The number of hydrogen-bond acceptors (Lipinski definition) is 3. The van der Waals surface area contributed by atoms with E-state index in [-0.39, 0.29) is 11.4 Å². The van der Waals surface area contributed by atoms with Gasteiger partial charge in [-0.15, -0.1) is 0 Å². The van der Waals surface area contributed by atoms with E-state index in [1.165, 1.54) is 6.20 Å². The lowest BCUT2D eigenvalue weighted by atomic mass is 9.87. The first-order valence-corrected chi connectivity index (χ1v) is 6.92. The SMILES string of the molecule is Cc1cc(NC(=O)NCC(C)(C)CC(C)O)cnc1Cl. The van der Waals surface area contributed by atoms with Crippen molar-refractivity contribution < 1.29 is 9.90 Å². The maximum absolute atomic E-state index is 11.8. The lowest BCUT2D eigenvalue weighted by Gasteiger charge is -2.26. The highest BCUT2D eigenvalue weighted by molar-refractivity contribution is 6.30. The topological polar surface area (TPSA) is 74.2 Å². The van der Waals surface area contributed by atoms with Gasteiger partial charge in [-0.25, -0.2) is 9.78 Å². The van der Waals surface area contributed by atoms with Crippen LogP contribution in [-0.4, -0.2) is 28.8 Å². The smallest absolute Gasteiger partial charge is 0.319 e. The molecule has 0 fully saturated rings. The molecule has 1 heterocycles. The first kappa shape index (κ1) is 16.7. The van der Waals surface area contributed by atoms with E-state index in [1.54, 1.807) is 13.0 Å². The molecule has 1 aromatic heterocycles. The standard InChI is InChI=1S/C14H22ClN3O2/c1-9-5-11(7-16-12(9)15)18-13(20)17-8-14(3,4)6-10(2)19/h5,7,10,19H,6,8H2,1-4H3,(H2,17,18,20). The Hall–Kier alpha value is -1.33. The molecule has 20 heavy (non-hydrogen) atoms. The molecule has 0 radical (unpaired) electrons. The molecular formula is C14H22ClN3O2. The van der Waals surface area contributed by atoms with Crippen molar-refractivity contribution in [3.8, 4) is 0 Å². The number of carbonyl (C=O) groups excluding carboxylic acids is 1. The van der Waals surface area contributed by atoms with E-state index in [1.807, 2.05) is 20.8 Å². The predicted octanol–water partition coefficient (Wildman–Crippen LogP) is 2.96. The van der Waals surface area contributed by atoms with Gasteiger partial charge < -0.3 is 15.7 Å². The number of aryl methyl sites for hydroxylation is 1. The Morgan fingerprint density at radius 2 is 2.20 bits per heavy atom. The van der Waals surface area contributed by atoms with E-state index in [2.05, 4.69) is 15.6 Å². The van der Waals surface area contributed by atoms with Crippen LogP contribution in [0.3, 0.4) is 0 Å². The molecule has 0 aromatic carbocycles. The van der Waals surface area contributed by atoms with Gasteiger partial charge in [0, 0.05) is 6.54 Å². The number of aliphatic hydroxyl groups excluding tert-OH is 1. The lowest BCUT2D eigenvalue weighted by molar-refractivity contribution is 0.129. The summed E-state index contributed by atoms with van der Waals surface area (Å²) >= 11 is 5.82. The minimum absolute atomic E-state index is 0.167. The molecule has 0 bridgehead atoms. The van der Waals surface area contributed by atoms with Crippen molar-refractivity contribution >= 4 is 23.3 Å². The lowest BCUT2D eigenvalue weighted by Crippen LogP contribution is -2.38. The number of aliphatic hydroxyl groups is 1. The number of halogens is 1. The molecular weight excluding hydrogens is 278 g/mol. The summed E-state index contributed by atoms with van der Waals surface area (Å²) in [6.07, 6.45) is 1.74. The van der Waals surface area contributed by atoms with Crippen LogP contribution >= 0.6 is 11.6 Å². The maximum atomic E-state index is 11.8. The first-order valence-electron chi connectivity index (χ1n) is 6.55. The number of hydrogen-bond donors (Lipinski definition) is 3. The van der Waals surface area contributed by atoms with E-state index in [0.29, 0.717) is 23.8 Å². The number of anilines is 1. The molecule has 1 aromatic rings. The van der Waals surface area contributed by atoms with Crippen molar-refractivity contribution in [1.82, 2.24) is 10.3 Å². The average Bonchev–Trinajstić information content (AvgIpc) is 2.30. The van der Waals surface area contributed by atoms with Crippen LogP contribution in [-0.2, 0) is 0 Å². The Morgan fingerprint density at radius 3 is 2.75 bits per heavy atom. The van der Waals surface area contributed by atoms with Crippen molar-refractivity contribution in [2.75, 3.05) is 11.9 Å². The Kier molecular flexibility index (Phi) is 5.77. The van der Waals surface area contributed by atoms with Crippen LogP contribution in [0.4, 0.5) is 10.5 Å².